The van der Waals surface area contributed by atoms with E-state index in [4.69, 9.17) is 0 Å². The van der Waals surface area contributed by atoms with E-state index in [0.29, 0.717) is 0 Å². The van der Waals surface area contributed by atoms with Crippen LogP contribution in [0.5, 0.6) is 0 Å². The molecule has 0 amide bonds. The zero-order valence-corrected chi connectivity index (χ0v) is 16.0. The van der Waals surface area contributed by atoms with Crippen LogP contribution in [0.25, 0.3) is 0 Å². The van der Waals surface area contributed by atoms with Gasteiger partial charge < -0.3 is 30.2 Å². The average molecular weight is 649 g/mol. The van der Waals surface area contributed by atoms with Crippen molar-refractivity contribution in [3.05, 3.63) is 0 Å². The van der Waals surface area contributed by atoms with E-state index in [0.717, 1.165) is 0 Å². The van der Waals surface area contributed by atoms with Gasteiger partial charge in [-0.2, -0.15) is 0 Å². The summed E-state index contributed by atoms with van der Waals surface area (Å²) in [5.74, 6) is 0. The maximum atomic E-state index is 0. The Morgan fingerprint density at radius 2 is 0.455 bits per heavy atom. The summed E-state index contributed by atoms with van der Waals surface area (Å²) in [6.45, 7) is 0. The fourth-order valence-corrected chi connectivity index (χ4v) is 0. The molecule has 0 rings (SSSR count). The van der Waals surface area contributed by atoms with Gasteiger partial charge in [0, 0.05) is 42.1 Å². The molecule has 0 aliphatic carbocycles. The molecule has 0 aromatic rings. The molecular formula is H2Li2Nb2O5W2. The Bertz CT molecular complexity index is 28.5. The van der Waals surface area contributed by atoms with Gasteiger partial charge in [0.15, 0.2) is 0 Å². The standard InChI is InChI=1S/2Li.2Nb.5O.2W.2H/q2*+1;2*+5;5*-2;;;2*-1. The molecule has 0 bridgehead atoms. The first-order valence-electron chi connectivity index (χ1n) is 0. The van der Waals surface area contributed by atoms with E-state index in [-0.39, 0.29) is 155 Å². The van der Waals surface area contributed by atoms with Crippen molar-refractivity contribution >= 4 is 0 Å². The second-order valence-electron chi connectivity index (χ2n) is 0. The average Bonchev–Trinajstić information content (AvgIpc) is 0. The minimum Gasteiger partial charge on any atom is -2.00 e. The number of hydrogen-bond acceptors (Lipinski definition) is 0. The summed E-state index contributed by atoms with van der Waals surface area (Å²) in [5, 5.41) is 0. The molecule has 0 aromatic heterocycles. The number of hydrogen-bond donors (Lipinski definition) is 0. The van der Waals surface area contributed by atoms with Crippen LogP contribution in [-0.4, -0.2) is 0 Å². The first-order valence-corrected chi connectivity index (χ1v) is 0. The zero-order valence-electron chi connectivity index (χ0n) is 7.75. The molecule has 0 aromatic carbocycles. The Labute approximate surface area is 152 Å². The predicted molar refractivity (Wildman–Crippen MR) is 5.66 cm³/mol. The van der Waals surface area contributed by atoms with Crippen molar-refractivity contribution in [1.82, 2.24) is 0 Å². The fraction of sp³-hybridized carbons (Fsp3) is 0. The largest absolute Gasteiger partial charge is 5.00 e. The normalized spacial score (nSPS) is 0. The van der Waals surface area contributed by atoms with E-state index in [2.05, 4.69) is 0 Å². The molecule has 0 saturated carbocycles. The molecule has 0 saturated heterocycles. The first-order chi connectivity index (χ1) is 0. The smallest absolute Gasteiger partial charge is 2.00 e. The quantitative estimate of drug-likeness (QED) is 0.231. The molecule has 11 heavy (non-hydrogen) atoms. The second-order valence-corrected chi connectivity index (χ2v) is 0. The van der Waals surface area contributed by atoms with Crippen molar-refractivity contribution in [2.75, 3.05) is 0 Å². The zero-order chi connectivity index (χ0) is 0. The first kappa shape index (κ1) is 192. The Hall–Kier alpha value is 3.85. The molecule has 0 N–H and O–H groups in total. The predicted octanol–water partition coefficient (Wildman–Crippen LogP) is -6.37. The van der Waals surface area contributed by atoms with Gasteiger partial charge in [-0.05, 0) is 0 Å². The third-order valence-corrected chi connectivity index (χ3v) is 0. The van der Waals surface area contributed by atoms with Crippen LogP contribution < -0.4 is 37.7 Å². The molecule has 0 atom stereocenters. The molecule has 0 aliphatic heterocycles. The molecule has 0 unspecified atom stereocenters. The van der Waals surface area contributed by atoms with E-state index in [1.54, 1.807) is 0 Å². The van der Waals surface area contributed by atoms with Crippen LogP contribution in [0.15, 0.2) is 0 Å². The SMILES string of the molecule is [H-].[H-].[Li+].[Li+].[Nb+5].[Nb+5].[O-2].[O-2].[O-2].[O-2].[O-2].[W].[W]. The van der Waals surface area contributed by atoms with Gasteiger partial charge in [0.1, 0.15) is 0 Å². The minimum absolute atomic E-state index is 0. The van der Waals surface area contributed by atoms with Crippen LogP contribution in [0.3, 0.4) is 0 Å². The monoisotopic (exact) mass is 650 g/mol. The van der Waals surface area contributed by atoms with Crippen LogP contribution in [0.4, 0.5) is 0 Å². The molecule has 11 heteroatoms. The maximum Gasteiger partial charge on any atom is 5.00 e. The molecule has 56 valence electrons. The molecule has 0 radical (unpaired) electrons. The summed E-state index contributed by atoms with van der Waals surface area (Å²) in [6, 6.07) is 0. The maximum absolute atomic E-state index is 0. The molecule has 0 aliphatic rings. The van der Waals surface area contributed by atoms with E-state index in [1.165, 1.54) is 0 Å². The van der Waals surface area contributed by atoms with Gasteiger partial charge in [-0.25, -0.2) is 0 Å². The minimum atomic E-state index is 0. The molecule has 0 fully saturated rings. The van der Waals surface area contributed by atoms with Crippen molar-refractivity contribution in [3.63, 3.8) is 0 Å². The third-order valence-electron chi connectivity index (χ3n) is 0. The van der Waals surface area contributed by atoms with Gasteiger partial charge in [-0.1, -0.05) is 0 Å². The van der Waals surface area contributed by atoms with Crippen LogP contribution in [0.1, 0.15) is 2.85 Å². The summed E-state index contributed by atoms with van der Waals surface area (Å²) < 4.78 is 0. The topological polar surface area (TPSA) is 142 Å². The van der Waals surface area contributed by atoms with Crippen LogP contribution >= 0.6 is 0 Å². The molecular weight excluding hydrogens is 647 g/mol. The van der Waals surface area contributed by atoms with E-state index in [9.17, 15) is 0 Å². The number of rotatable bonds is 0. The summed E-state index contributed by atoms with van der Waals surface area (Å²) in [7, 11) is 0. The molecule has 0 spiro atoms. The summed E-state index contributed by atoms with van der Waals surface area (Å²) >= 11 is 0. The van der Waals surface area contributed by atoms with Gasteiger partial charge in [-0.15, -0.1) is 0 Å². The fourth-order valence-electron chi connectivity index (χ4n) is 0. The van der Waals surface area contributed by atoms with E-state index >= 15 is 0 Å². The Kier molecular flexibility index (Phi) is 2690. The Balaban J connectivity index is 0. The van der Waals surface area contributed by atoms with E-state index < -0.39 is 0 Å². The van der Waals surface area contributed by atoms with Gasteiger partial charge >= 0.3 is 82.5 Å². The van der Waals surface area contributed by atoms with Crippen LogP contribution in [0.2, 0.25) is 0 Å². The van der Waals surface area contributed by atoms with Gasteiger partial charge in [0.25, 0.3) is 0 Å². The van der Waals surface area contributed by atoms with Crippen molar-refractivity contribution in [1.29, 1.82) is 0 Å². The van der Waals surface area contributed by atoms with Crippen LogP contribution in [0, 0.1) is 0 Å². The summed E-state index contributed by atoms with van der Waals surface area (Å²) in [5.41, 5.74) is 0. The molecule has 0 heterocycles. The van der Waals surface area contributed by atoms with E-state index in [1.807, 2.05) is 0 Å². The summed E-state index contributed by atoms with van der Waals surface area (Å²) in [4.78, 5) is 0. The van der Waals surface area contributed by atoms with Gasteiger partial charge in [0.05, 0.1) is 0 Å². The van der Waals surface area contributed by atoms with Crippen molar-refractivity contribution in [3.8, 4) is 0 Å². The van der Waals surface area contributed by atoms with Crippen molar-refractivity contribution < 1.29 is 155 Å². The Morgan fingerprint density at radius 1 is 0.455 bits per heavy atom. The van der Waals surface area contributed by atoms with Crippen molar-refractivity contribution in [2.45, 2.75) is 0 Å². The van der Waals surface area contributed by atoms with Crippen LogP contribution in [-0.2, 0) is 114 Å². The second kappa shape index (κ2) is 154. The molecule has 5 nitrogen and oxygen atoms in total. The van der Waals surface area contributed by atoms with Crippen molar-refractivity contribution in [2.24, 2.45) is 0 Å². The third kappa shape index (κ3) is 131. The summed E-state index contributed by atoms with van der Waals surface area (Å²) in [6.07, 6.45) is 0. The van der Waals surface area contributed by atoms with Gasteiger partial charge in [0.2, 0.25) is 0 Å². The van der Waals surface area contributed by atoms with Gasteiger partial charge in [-0.3, -0.25) is 0 Å². The Morgan fingerprint density at radius 3 is 0.455 bits per heavy atom.